The molecule has 24 heavy (non-hydrogen) atoms. The molecule has 122 valence electrons. The van der Waals surface area contributed by atoms with E-state index in [0.717, 1.165) is 17.1 Å². The van der Waals surface area contributed by atoms with Gasteiger partial charge in [-0.2, -0.15) is 0 Å². The highest BCUT2D eigenvalue weighted by molar-refractivity contribution is 7.10. The summed E-state index contributed by atoms with van der Waals surface area (Å²) >= 11 is 1.65. The minimum absolute atomic E-state index is 0.0519. The molecule has 1 aromatic carbocycles. The number of fused-ring (bicyclic) bond motifs is 1. The van der Waals surface area contributed by atoms with E-state index in [0.29, 0.717) is 17.7 Å². The van der Waals surface area contributed by atoms with Crippen molar-refractivity contribution in [1.29, 1.82) is 0 Å². The number of aromatic nitrogens is 1. The minimum Gasteiger partial charge on any atom is -0.347 e. The molecule has 0 radical (unpaired) electrons. The molecule has 0 spiro atoms. The van der Waals surface area contributed by atoms with Crippen molar-refractivity contribution in [3.8, 4) is 0 Å². The fourth-order valence-electron chi connectivity index (χ4n) is 3.29. The number of nitrogens with zero attached hydrogens (tertiary/aromatic N) is 2. The zero-order valence-electron chi connectivity index (χ0n) is 13.3. The van der Waals surface area contributed by atoms with E-state index in [1.165, 1.54) is 6.07 Å². The van der Waals surface area contributed by atoms with Crippen LogP contribution in [0.2, 0.25) is 0 Å². The number of halogens is 1. The van der Waals surface area contributed by atoms with Crippen LogP contribution in [0, 0.1) is 12.7 Å². The van der Waals surface area contributed by atoms with Gasteiger partial charge < -0.3 is 9.47 Å². The number of hydrogen-bond acceptors (Lipinski definition) is 2. The van der Waals surface area contributed by atoms with E-state index in [4.69, 9.17) is 0 Å². The van der Waals surface area contributed by atoms with Crippen molar-refractivity contribution in [2.75, 3.05) is 6.54 Å². The molecule has 0 unspecified atom stereocenters. The number of carbonyl (C=O) groups is 1. The number of hydrogen-bond donors (Lipinski definition) is 0. The first kappa shape index (κ1) is 15.1. The maximum absolute atomic E-state index is 13.5. The first-order valence-corrected chi connectivity index (χ1v) is 8.78. The van der Waals surface area contributed by atoms with E-state index in [1.54, 1.807) is 30.4 Å². The lowest BCUT2D eigenvalue weighted by atomic mass is 10.0. The molecule has 4 rings (SSSR count). The van der Waals surface area contributed by atoms with Gasteiger partial charge in [0.2, 0.25) is 0 Å². The van der Waals surface area contributed by atoms with Crippen LogP contribution in [0.3, 0.4) is 0 Å². The molecule has 3 heterocycles. The van der Waals surface area contributed by atoms with Gasteiger partial charge in [0, 0.05) is 35.4 Å². The highest BCUT2D eigenvalue weighted by atomic mass is 32.1. The van der Waals surface area contributed by atoms with Gasteiger partial charge >= 0.3 is 0 Å². The minimum atomic E-state index is -0.283. The van der Waals surface area contributed by atoms with Crippen molar-refractivity contribution in [3.63, 3.8) is 0 Å². The van der Waals surface area contributed by atoms with Crippen LogP contribution in [0.1, 0.15) is 32.5 Å². The second-order valence-electron chi connectivity index (χ2n) is 6.01. The Morgan fingerprint density at radius 3 is 2.83 bits per heavy atom. The third kappa shape index (κ3) is 2.45. The molecule has 1 amide bonds. The molecule has 0 aliphatic carbocycles. The van der Waals surface area contributed by atoms with Crippen LogP contribution >= 0.6 is 11.3 Å². The molecule has 1 atom stereocenters. The first-order chi connectivity index (χ1) is 11.6. The highest BCUT2D eigenvalue weighted by Gasteiger charge is 2.33. The second kappa shape index (κ2) is 5.91. The van der Waals surface area contributed by atoms with Crippen molar-refractivity contribution in [3.05, 3.63) is 81.6 Å². The smallest absolute Gasteiger partial charge is 0.254 e. The van der Waals surface area contributed by atoms with Crippen molar-refractivity contribution < 1.29 is 9.18 Å². The Morgan fingerprint density at radius 2 is 2.08 bits per heavy atom. The summed E-state index contributed by atoms with van der Waals surface area (Å²) in [4.78, 5) is 16.1. The largest absolute Gasteiger partial charge is 0.347 e. The molecule has 2 aromatic heterocycles. The van der Waals surface area contributed by atoms with Gasteiger partial charge in [0.05, 0.1) is 0 Å². The highest BCUT2D eigenvalue weighted by Crippen LogP contribution is 2.35. The monoisotopic (exact) mass is 340 g/mol. The standard InChI is InChI=1S/C19H17FN2OS/c1-13-12-14(6-7-15(13)20)19(23)22-10-9-21-8-2-4-16(21)18(22)17-5-3-11-24-17/h2-8,11-12,18H,9-10H2,1H3/t18-/m1/s1. The summed E-state index contributed by atoms with van der Waals surface area (Å²) in [7, 11) is 0. The predicted molar refractivity (Wildman–Crippen MR) is 92.8 cm³/mol. The van der Waals surface area contributed by atoms with Gasteiger partial charge in [-0.25, -0.2) is 4.39 Å². The Labute approximate surface area is 144 Å². The fourth-order valence-corrected chi connectivity index (χ4v) is 4.14. The summed E-state index contributed by atoms with van der Waals surface area (Å²) in [6, 6.07) is 12.6. The predicted octanol–water partition coefficient (Wildman–Crippen LogP) is 4.24. The molecule has 3 nitrogen and oxygen atoms in total. The van der Waals surface area contributed by atoms with Crippen molar-refractivity contribution in [2.24, 2.45) is 0 Å². The molecule has 0 saturated carbocycles. The summed E-state index contributed by atoms with van der Waals surface area (Å²) in [5.41, 5.74) is 2.15. The molecule has 0 bridgehead atoms. The van der Waals surface area contributed by atoms with Crippen molar-refractivity contribution in [1.82, 2.24) is 9.47 Å². The van der Waals surface area contributed by atoms with E-state index in [1.807, 2.05) is 22.4 Å². The van der Waals surface area contributed by atoms with Crippen LogP contribution in [0.25, 0.3) is 0 Å². The Kier molecular flexibility index (Phi) is 3.73. The van der Waals surface area contributed by atoms with E-state index in [-0.39, 0.29) is 17.8 Å². The summed E-state index contributed by atoms with van der Waals surface area (Å²) < 4.78 is 15.7. The first-order valence-electron chi connectivity index (χ1n) is 7.91. The summed E-state index contributed by atoms with van der Waals surface area (Å²) in [6.07, 6.45) is 2.06. The number of aryl methyl sites for hydroxylation is 1. The molecular formula is C19H17FN2OS. The molecule has 1 aliphatic rings. The molecule has 5 heteroatoms. The fraction of sp³-hybridized carbons (Fsp3) is 0.211. The van der Waals surface area contributed by atoms with Crippen LogP contribution in [0.5, 0.6) is 0 Å². The average molecular weight is 340 g/mol. The normalized spacial score (nSPS) is 16.9. The van der Waals surface area contributed by atoms with E-state index in [9.17, 15) is 9.18 Å². The number of rotatable bonds is 2. The van der Waals surface area contributed by atoms with E-state index in [2.05, 4.69) is 22.9 Å². The lowest BCUT2D eigenvalue weighted by Gasteiger charge is -2.36. The molecular weight excluding hydrogens is 323 g/mol. The third-order valence-corrected chi connectivity index (χ3v) is 5.44. The number of amides is 1. The molecule has 0 N–H and O–H groups in total. The lowest BCUT2D eigenvalue weighted by molar-refractivity contribution is 0.0667. The molecule has 0 fully saturated rings. The maximum atomic E-state index is 13.5. The van der Waals surface area contributed by atoms with Gasteiger partial charge in [0.15, 0.2) is 0 Å². The van der Waals surface area contributed by atoms with Gasteiger partial charge in [-0.3, -0.25) is 4.79 Å². The van der Waals surface area contributed by atoms with Gasteiger partial charge in [-0.15, -0.1) is 11.3 Å². The van der Waals surface area contributed by atoms with Crippen LogP contribution in [0.4, 0.5) is 4.39 Å². The zero-order chi connectivity index (χ0) is 16.7. The van der Waals surface area contributed by atoms with Crippen LogP contribution in [-0.4, -0.2) is 21.9 Å². The third-order valence-electron chi connectivity index (χ3n) is 4.52. The second-order valence-corrected chi connectivity index (χ2v) is 6.99. The van der Waals surface area contributed by atoms with Crippen LogP contribution < -0.4 is 0 Å². The van der Waals surface area contributed by atoms with Crippen molar-refractivity contribution in [2.45, 2.75) is 19.5 Å². The summed E-state index contributed by atoms with van der Waals surface area (Å²) in [5.74, 6) is -0.335. The Morgan fingerprint density at radius 1 is 1.21 bits per heavy atom. The summed E-state index contributed by atoms with van der Waals surface area (Å²) in [5, 5.41) is 2.03. The van der Waals surface area contributed by atoms with E-state index < -0.39 is 0 Å². The van der Waals surface area contributed by atoms with Gasteiger partial charge in [0.1, 0.15) is 11.9 Å². The van der Waals surface area contributed by atoms with Gasteiger partial charge in [-0.1, -0.05) is 6.07 Å². The lowest BCUT2D eigenvalue weighted by Crippen LogP contribution is -2.42. The van der Waals surface area contributed by atoms with E-state index >= 15 is 0 Å². The Hall–Kier alpha value is -2.40. The average Bonchev–Trinajstić information content (AvgIpc) is 3.26. The van der Waals surface area contributed by atoms with Gasteiger partial charge in [-0.05, 0) is 54.3 Å². The number of thiophene rings is 1. The number of benzene rings is 1. The van der Waals surface area contributed by atoms with Gasteiger partial charge in [0.25, 0.3) is 5.91 Å². The zero-order valence-corrected chi connectivity index (χ0v) is 14.1. The molecule has 3 aromatic rings. The quantitative estimate of drug-likeness (QED) is 0.685. The molecule has 0 saturated heterocycles. The van der Waals surface area contributed by atoms with Crippen LogP contribution in [-0.2, 0) is 6.54 Å². The van der Waals surface area contributed by atoms with Crippen LogP contribution in [0.15, 0.2) is 54.0 Å². The number of carbonyl (C=O) groups excluding carboxylic acids is 1. The topological polar surface area (TPSA) is 25.2 Å². The Bertz CT molecular complexity index is 885. The summed E-state index contributed by atoms with van der Waals surface area (Å²) in [6.45, 7) is 3.10. The molecule has 1 aliphatic heterocycles. The Balaban J connectivity index is 1.76. The maximum Gasteiger partial charge on any atom is 0.254 e. The SMILES string of the molecule is Cc1cc(C(=O)N2CCn3cccc3[C@@H]2c2cccs2)ccc1F. The van der Waals surface area contributed by atoms with Crippen molar-refractivity contribution >= 4 is 17.2 Å².